The summed E-state index contributed by atoms with van der Waals surface area (Å²) in [6.07, 6.45) is -0.580. The maximum Gasteiger partial charge on any atom is 0.251 e. The van der Waals surface area contributed by atoms with Crippen molar-refractivity contribution >= 4 is 11.7 Å². The van der Waals surface area contributed by atoms with Crippen molar-refractivity contribution in [2.45, 2.75) is 39.5 Å². The average Bonchev–Trinajstić information content (AvgIpc) is 3.39. The molecule has 0 saturated carbocycles. The number of anilines is 1. The zero-order chi connectivity index (χ0) is 26.0. The van der Waals surface area contributed by atoms with E-state index in [-0.39, 0.29) is 18.1 Å². The molecule has 7 heteroatoms. The predicted octanol–water partition coefficient (Wildman–Crippen LogP) is 5.99. The summed E-state index contributed by atoms with van der Waals surface area (Å²) >= 11 is 0. The number of benzene rings is 3. The molecule has 3 heterocycles. The van der Waals surface area contributed by atoms with E-state index < -0.39 is 11.6 Å². The van der Waals surface area contributed by atoms with E-state index in [1.807, 2.05) is 50.2 Å². The molecule has 0 unspecified atom stereocenters. The van der Waals surface area contributed by atoms with Crippen LogP contribution in [0.3, 0.4) is 0 Å². The van der Waals surface area contributed by atoms with Crippen LogP contribution < -0.4 is 11.1 Å². The first-order valence-corrected chi connectivity index (χ1v) is 12.1. The number of aromatic nitrogens is 1. The van der Waals surface area contributed by atoms with Gasteiger partial charge in [-0.05, 0) is 95.6 Å². The van der Waals surface area contributed by atoms with Crippen molar-refractivity contribution in [2.75, 3.05) is 5.73 Å². The van der Waals surface area contributed by atoms with Gasteiger partial charge in [0.1, 0.15) is 29.7 Å². The van der Waals surface area contributed by atoms with Crippen LogP contribution in [0.2, 0.25) is 0 Å². The van der Waals surface area contributed by atoms with Gasteiger partial charge in [-0.15, -0.1) is 0 Å². The lowest BCUT2D eigenvalue weighted by Gasteiger charge is -2.18. The third kappa shape index (κ3) is 3.78. The smallest absolute Gasteiger partial charge is 0.251 e. The molecule has 0 radical (unpaired) electrons. The van der Waals surface area contributed by atoms with Crippen LogP contribution in [0, 0.1) is 32.4 Å². The third-order valence-corrected chi connectivity index (χ3v) is 7.38. The maximum atomic E-state index is 14.7. The van der Waals surface area contributed by atoms with Gasteiger partial charge >= 0.3 is 0 Å². The Kier molecular flexibility index (Phi) is 5.35. The number of hydrogen-bond acceptors (Lipinski definition) is 4. The first-order valence-electron chi connectivity index (χ1n) is 12.1. The van der Waals surface area contributed by atoms with Crippen molar-refractivity contribution in [1.82, 2.24) is 10.3 Å². The number of ether oxygens (including phenoxy) is 1. The summed E-state index contributed by atoms with van der Waals surface area (Å²) in [4.78, 5) is 17.3. The molecule has 2 bridgehead atoms. The quantitative estimate of drug-likeness (QED) is 0.363. The van der Waals surface area contributed by atoms with Gasteiger partial charge in [0.05, 0.1) is 0 Å². The van der Waals surface area contributed by atoms with Gasteiger partial charge in [-0.2, -0.15) is 0 Å². The Morgan fingerprint density at radius 3 is 2.35 bits per heavy atom. The Morgan fingerprint density at radius 1 is 0.919 bits per heavy atom. The van der Waals surface area contributed by atoms with Crippen LogP contribution in [0.1, 0.15) is 67.2 Å². The van der Waals surface area contributed by atoms with Gasteiger partial charge in [-0.1, -0.05) is 18.2 Å². The number of nitrogens with one attached hydrogen (secondary N) is 1. The van der Waals surface area contributed by atoms with Crippen molar-refractivity contribution in [3.63, 3.8) is 0 Å². The monoisotopic (exact) mass is 497 g/mol. The second-order valence-corrected chi connectivity index (χ2v) is 9.77. The molecule has 1 amide bonds. The molecule has 4 aromatic rings. The van der Waals surface area contributed by atoms with Gasteiger partial charge in [-0.25, -0.2) is 13.8 Å². The van der Waals surface area contributed by atoms with Gasteiger partial charge in [0.15, 0.2) is 0 Å². The summed E-state index contributed by atoms with van der Waals surface area (Å²) in [5.74, 6) is -0.929. The van der Waals surface area contributed by atoms with Crippen molar-refractivity contribution in [3.05, 3.63) is 116 Å². The highest BCUT2D eigenvalue weighted by Gasteiger charge is 2.43. The van der Waals surface area contributed by atoms with Gasteiger partial charge in [0.2, 0.25) is 0 Å². The highest BCUT2D eigenvalue weighted by molar-refractivity contribution is 5.94. The number of amides is 1. The van der Waals surface area contributed by atoms with Gasteiger partial charge in [0.25, 0.3) is 5.91 Å². The molecular formula is C30H25F2N3O2. The minimum atomic E-state index is -0.597. The molecule has 3 N–H and O–H groups in total. The molecule has 1 aromatic heterocycles. The Balaban J connectivity index is 1.28. The standard InChI is InChI=1S/C30H25F2N3O2/c1-14-9-26(33)35-16(3)24(14)13-34-30(36)18-5-7-21-23(11-18)29-22-10-17(4-6-20(22)28(21)37-29)27-15(2)8-19(31)12-25(27)32/h4-12,28-29H,13H2,1-3H3,(H2,33,35)(H,34,36)/t28-,29+/m0/s1. The summed E-state index contributed by atoms with van der Waals surface area (Å²) < 4.78 is 34.6. The molecule has 0 saturated heterocycles. The summed E-state index contributed by atoms with van der Waals surface area (Å²) in [7, 11) is 0. The minimum absolute atomic E-state index is 0.195. The zero-order valence-corrected chi connectivity index (χ0v) is 20.7. The molecule has 0 spiro atoms. The molecule has 186 valence electrons. The summed E-state index contributed by atoms with van der Waals surface area (Å²) in [5.41, 5.74) is 14.6. The van der Waals surface area contributed by atoms with Crippen LogP contribution in [0.5, 0.6) is 0 Å². The molecule has 37 heavy (non-hydrogen) atoms. The number of carbonyl (C=O) groups is 1. The Morgan fingerprint density at radius 2 is 1.62 bits per heavy atom. The first kappa shape index (κ1) is 23.3. The molecule has 3 aromatic carbocycles. The van der Waals surface area contributed by atoms with E-state index in [4.69, 9.17) is 10.5 Å². The van der Waals surface area contributed by atoms with E-state index in [1.54, 1.807) is 13.0 Å². The summed E-state index contributed by atoms with van der Waals surface area (Å²) in [6.45, 7) is 5.86. The molecule has 0 fully saturated rings. The van der Waals surface area contributed by atoms with E-state index in [9.17, 15) is 13.6 Å². The molecular weight excluding hydrogens is 472 g/mol. The van der Waals surface area contributed by atoms with Gasteiger partial charge in [0, 0.05) is 29.4 Å². The second-order valence-electron chi connectivity index (χ2n) is 9.77. The number of nitrogens with zero attached hydrogens (tertiary/aromatic N) is 1. The number of nitrogens with two attached hydrogens (primary N) is 1. The topological polar surface area (TPSA) is 77.2 Å². The lowest BCUT2D eigenvalue weighted by Crippen LogP contribution is -2.24. The van der Waals surface area contributed by atoms with Gasteiger partial charge in [-0.3, -0.25) is 4.79 Å². The van der Waals surface area contributed by atoms with Gasteiger partial charge < -0.3 is 15.8 Å². The third-order valence-electron chi connectivity index (χ3n) is 7.38. The summed E-state index contributed by atoms with van der Waals surface area (Å²) in [6, 6.07) is 15.4. The molecule has 2 aliphatic rings. The number of carbonyl (C=O) groups excluding carboxylic acids is 1. The van der Waals surface area contributed by atoms with E-state index in [1.165, 1.54) is 6.07 Å². The van der Waals surface area contributed by atoms with Crippen LogP contribution in [0.15, 0.2) is 54.6 Å². The molecule has 6 rings (SSSR count). The van der Waals surface area contributed by atoms with E-state index in [0.29, 0.717) is 34.6 Å². The fraction of sp³-hybridized carbons (Fsp3) is 0.200. The molecule has 0 aliphatic carbocycles. The van der Waals surface area contributed by atoms with Crippen molar-refractivity contribution < 1.29 is 18.3 Å². The predicted molar refractivity (Wildman–Crippen MR) is 137 cm³/mol. The van der Waals surface area contributed by atoms with E-state index in [2.05, 4.69) is 10.3 Å². The van der Waals surface area contributed by atoms with Crippen molar-refractivity contribution in [3.8, 4) is 11.1 Å². The lowest BCUT2D eigenvalue weighted by atomic mass is 9.83. The van der Waals surface area contributed by atoms with E-state index in [0.717, 1.165) is 45.1 Å². The van der Waals surface area contributed by atoms with Crippen LogP contribution >= 0.6 is 0 Å². The largest absolute Gasteiger partial charge is 0.384 e. The highest BCUT2D eigenvalue weighted by atomic mass is 19.1. The van der Waals surface area contributed by atoms with Crippen molar-refractivity contribution in [1.29, 1.82) is 0 Å². The lowest BCUT2D eigenvalue weighted by molar-refractivity contribution is 0.0857. The highest BCUT2D eigenvalue weighted by Crippen LogP contribution is 2.55. The van der Waals surface area contributed by atoms with Crippen LogP contribution in [-0.2, 0) is 11.3 Å². The Labute approximate surface area is 213 Å². The minimum Gasteiger partial charge on any atom is -0.384 e. The van der Waals surface area contributed by atoms with E-state index >= 15 is 0 Å². The number of nitrogen functional groups attached to an aromatic ring is 1. The normalized spacial score (nSPS) is 17.0. The molecule has 5 nitrogen and oxygen atoms in total. The Bertz CT molecular complexity index is 1570. The maximum absolute atomic E-state index is 14.7. The SMILES string of the molecule is Cc1cc(N)nc(C)c1CNC(=O)c1ccc2c(c1)[C@@H]1O[C@H]2c2ccc(-c3c(C)cc(F)cc3F)cc21. The van der Waals surface area contributed by atoms with Crippen LogP contribution in [-0.4, -0.2) is 10.9 Å². The molecule has 2 atom stereocenters. The number of halogens is 2. The fourth-order valence-electron chi connectivity index (χ4n) is 5.64. The molecule has 2 aliphatic heterocycles. The Hall–Kier alpha value is -4.10. The van der Waals surface area contributed by atoms with Crippen molar-refractivity contribution in [2.24, 2.45) is 0 Å². The summed E-state index contributed by atoms with van der Waals surface area (Å²) in [5, 5.41) is 2.99. The number of fused-ring (bicyclic) bond motifs is 8. The zero-order valence-electron chi connectivity index (χ0n) is 20.7. The fourth-order valence-corrected chi connectivity index (χ4v) is 5.64. The van der Waals surface area contributed by atoms with Crippen LogP contribution in [0.4, 0.5) is 14.6 Å². The number of hydrogen-bond donors (Lipinski definition) is 2. The number of aryl methyl sites for hydroxylation is 3. The second kappa shape index (κ2) is 8.49. The van der Waals surface area contributed by atoms with Crippen LogP contribution in [0.25, 0.3) is 11.1 Å². The average molecular weight is 498 g/mol. The first-order chi connectivity index (χ1) is 17.7. The number of pyridine rings is 1. The number of rotatable bonds is 4.